The standard InChI is InChI=1S/C19H16F3N3O2/c20-19(21,22)12-4-1-3-11(9-12)18(26)23-13-6-7-14-15(10-13)25-17(24-14)16-5-2-8-27-16/h1,3-4,6-7,9-10,16H,2,5,8H2,(H,23,26)(H,24,25)/t16-/m1/s1. The van der Waals surface area contributed by atoms with E-state index in [2.05, 4.69) is 15.3 Å². The molecule has 5 nitrogen and oxygen atoms in total. The highest BCUT2D eigenvalue weighted by molar-refractivity contribution is 6.05. The Kier molecular flexibility index (Phi) is 4.35. The number of aromatic nitrogens is 2. The second kappa shape index (κ2) is 6.70. The molecule has 4 rings (SSSR count). The maximum absolute atomic E-state index is 12.8. The first-order valence-corrected chi connectivity index (χ1v) is 8.50. The van der Waals surface area contributed by atoms with E-state index < -0.39 is 17.6 Å². The number of anilines is 1. The van der Waals surface area contributed by atoms with Crippen LogP contribution in [0.4, 0.5) is 18.9 Å². The molecular formula is C19H16F3N3O2. The van der Waals surface area contributed by atoms with Gasteiger partial charge in [-0.25, -0.2) is 4.98 Å². The van der Waals surface area contributed by atoms with Crippen LogP contribution in [0.15, 0.2) is 42.5 Å². The van der Waals surface area contributed by atoms with E-state index in [1.165, 1.54) is 12.1 Å². The van der Waals surface area contributed by atoms with Crippen molar-refractivity contribution < 1.29 is 22.7 Å². The highest BCUT2D eigenvalue weighted by Crippen LogP contribution is 2.30. The van der Waals surface area contributed by atoms with Gasteiger partial charge in [-0.15, -0.1) is 0 Å². The predicted molar refractivity (Wildman–Crippen MR) is 93.4 cm³/mol. The summed E-state index contributed by atoms with van der Waals surface area (Å²) in [6.07, 6.45) is -2.66. The van der Waals surface area contributed by atoms with Crippen LogP contribution in [0.3, 0.4) is 0 Å². The van der Waals surface area contributed by atoms with Crippen molar-refractivity contribution in [3.63, 3.8) is 0 Å². The number of hydrogen-bond donors (Lipinski definition) is 2. The molecular weight excluding hydrogens is 359 g/mol. The third-order valence-corrected chi connectivity index (χ3v) is 4.44. The van der Waals surface area contributed by atoms with Crippen LogP contribution >= 0.6 is 0 Å². The Morgan fingerprint density at radius 1 is 1.22 bits per heavy atom. The number of carbonyl (C=O) groups excluding carboxylic acids is 1. The summed E-state index contributed by atoms with van der Waals surface area (Å²) in [5.41, 5.74) is 1.00. The van der Waals surface area contributed by atoms with Crippen molar-refractivity contribution in [2.45, 2.75) is 25.1 Å². The van der Waals surface area contributed by atoms with E-state index in [1.54, 1.807) is 18.2 Å². The van der Waals surface area contributed by atoms with E-state index >= 15 is 0 Å². The van der Waals surface area contributed by atoms with E-state index in [0.717, 1.165) is 41.8 Å². The Morgan fingerprint density at radius 2 is 2.07 bits per heavy atom. The smallest absolute Gasteiger partial charge is 0.370 e. The number of halogens is 3. The minimum atomic E-state index is -4.50. The first-order valence-electron chi connectivity index (χ1n) is 8.50. The quantitative estimate of drug-likeness (QED) is 0.698. The van der Waals surface area contributed by atoms with Crippen LogP contribution < -0.4 is 5.32 Å². The summed E-state index contributed by atoms with van der Waals surface area (Å²) in [5, 5.41) is 2.62. The average Bonchev–Trinajstić information content (AvgIpc) is 3.30. The summed E-state index contributed by atoms with van der Waals surface area (Å²) in [7, 11) is 0. The largest absolute Gasteiger partial charge is 0.416 e. The fraction of sp³-hybridized carbons (Fsp3) is 0.263. The van der Waals surface area contributed by atoms with Gasteiger partial charge in [-0.2, -0.15) is 13.2 Å². The van der Waals surface area contributed by atoms with Gasteiger partial charge in [-0.05, 0) is 49.2 Å². The molecule has 1 saturated heterocycles. The molecule has 1 aliphatic heterocycles. The fourth-order valence-electron chi connectivity index (χ4n) is 3.09. The number of H-pyrrole nitrogens is 1. The average molecular weight is 375 g/mol. The number of nitrogens with one attached hydrogen (secondary N) is 2. The molecule has 0 saturated carbocycles. The van der Waals surface area contributed by atoms with E-state index in [1.807, 2.05) is 0 Å². The Bertz CT molecular complexity index is 991. The van der Waals surface area contributed by atoms with Crippen molar-refractivity contribution in [2.75, 3.05) is 11.9 Å². The minimum Gasteiger partial charge on any atom is -0.370 e. The number of hydrogen-bond acceptors (Lipinski definition) is 3. The number of carbonyl (C=O) groups is 1. The van der Waals surface area contributed by atoms with Gasteiger partial charge < -0.3 is 15.0 Å². The number of imidazole rings is 1. The predicted octanol–water partition coefficient (Wildman–Crippen LogP) is 4.69. The number of nitrogens with zero attached hydrogens (tertiary/aromatic N) is 1. The third kappa shape index (κ3) is 3.66. The Morgan fingerprint density at radius 3 is 2.81 bits per heavy atom. The SMILES string of the molecule is O=C(Nc1ccc2nc([C@H]3CCCO3)[nH]c2c1)c1cccc(C(F)(F)F)c1. The molecule has 0 radical (unpaired) electrons. The maximum Gasteiger partial charge on any atom is 0.416 e. The molecule has 2 heterocycles. The van der Waals surface area contributed by atoms with Gasteiger partial charge in [0.05, 0.1) is 16.6 Å². The number of alkyl halides is 3. The fourth-order valence-corrected chi connectivity index (χ4v) is 3.09. The van der Waals surface area contributed by atoms with Crippen molar-refractivity contribution in [3.05, 3.63) is 59.4 Å². The molecule has 0 unspecified atom stereocenters. The van der Waals surface area contributed by atoms with E-state index in [0.29, 0.717) is 12.3 Å². The van der Waals surface area contributed by atoms with Crippen LogP contribution in [0.25, 0.3) is 11.0 Å². The molecule has 0 bridgehead atoms. The zero-order valence-electron chi connectivity index (χ0n) is 14.1. The lowest BCUT2D eigenvalue weighted by Crippen LogP contribution is -2.13. The van der Waals surface area contributed by atoms with Gasteiger partial charge in [0.15, 0.2) is 0 Å². The number of aromatic amines is 1. The Labute approximate surface area is 152 Å². The highest BCUT2D eigenvalue weighted by atomic mass is 19.4. The first-order chi connectivity index (χ1) is 12.9. The summed E-state index contributed by atoms with van der Waals surface area (Å²) in [6.45, 7) is 0.708. The molecule has 0 aliphatic carbocycles. The molecule has 2 N–H and O–H groups in total. The molecule has 2 aromatic carbocycles. The van der Waals surface area contributed by atoms with Crippen LogP contribution in [-0.4, -0.2) is 22.5 Å². The second-order valence-electron chi connectivity index (χ2n) is 6.39. The van der Waals surface area contributed by atoms with Crippen molar-refractivity contribution in [1.82, 2.24) is 9.97 Å². The van der Waals surface area contributed by atoms with E-state index in [4.69, 9.17) is 4.74 Å². The minimum absolute atomic E-state index is 0.0550. The first kappa shape index (κ1) is 17.5. The van der Waals surface area contributed by atoms with Gasteiger partial charge in [0, 0.05) is 17.9 Å². The normalized spacial score (nSPS) is 17.4. The lowest BCUT2D eigenvalue weighted by atomic mass is 10.1. The van der Waals surface area contributed by atoms with Crippen molar-refractivity contribution in [1.29, 1.82) is 0 Å². The molecule has 1 fully saturated rings. The highest BCUT2D eigenvalue weighted by Gasteiger charge is 2.31. The van der Waals surface area contributed by atoms with Crippen LogP contribution in [0.2, 0.25) is 0 Å². The van der Waals surface area contributed by atoms with E-state index in [9.17, 15) is 18.0 Å². The van der Waals surface area contributed by atoms with E-state index in [-0.39, 0.29) is 11.7 Å². The van der Waals surface area contributed by atoms with Crippen LogP contribution in [-0.2, 0) is 10.9 Å². The summed E-state index contributed by atoms with van der Waals surface area (Å²) < 4.78 is 44.0. The molecule has 1 aliphatic rings. The van der Waals surface area contributed by atoms with Crippen molar-refractivity contribution >= 4 is 22.6 Å². The summed E-state index contributed by atoms with van der Waals surface area (Å²) in [5.74, 6) is 0.128. The molecule has 0 spiro atoms. The molecule has 140 valence electrons. The van der Waals surface area contributed by atoms with Gasteiger partial charge in [0.1, 0.15) is 11.9 Å². The molecule has 1 aromatic heterocycles. The Balaban J connectivity index is 1.55. The van der Waals surface area contributed by atoms with Gasteiger partial charge in [0.2, 0.25) is 0 Å². The van der Waals surface area contributed by atoms with Gasteiger partial charge >= 0.3 is 6.18 Å². The second-order valence-corrected chi connectivity index (χ2v) is 6.39. The number of rotatable bonds is 3. The van der Waals surface area contributed by atoms with Crippen LogP contribution in [0.5, 0.6) is 0 Å². The zero-order chi connectivity index (χ0) is 19.0. The maximum atomic E-state index is 12.8. The summed E-state index contributed by atoms with van der Waals surface area (Å²) in [6, 6.07) is 9.42. The van der Waals surface area contributed by atoms with Crippen LogP contribution in [0.1, 0.15) is 40.7 Å². The number of amides is 1. The topological polar surface area (TPSA) is 67.0 Å². The Hall–Kier alpha value is -2.87. The lowest BCUT2D eigenvalue weighted by molar-refractivity contribution is -0.137. The zero-order valence-corrected chi connectivity index (χ0v) is 14.1. The summed E-state index contributed by atoms with van der Waals surface area (Å²) in [4.78, 5) is 20.0. The van der Waals surface area contributed by atoms with Gasteiger partial charge in [0.25, 0.3) is 5.91 Å². The number of benzene rings is 2. The lowest BCUT2D eigenvalue weighted by Gasteiger charge is -2.09. The number of ether oxygens (including phenoxy) is 1. The van der Waals surface area contributed by atoms with Crippen molar-refractivity contribution in [2.24, 2.45) is 0 Å². The number of fused-ring (bicyclic) bond motifs is 1. The molecule has 27 heavy (non-hydrogen) atoms. The third-order valence-electron chi connectivity index (χ3n) is 4.44. The van der Waals surface area contributed by atoms with Crippen LogP contribution in [0, 0.1) is 0 Å². The molecule has 1 atom stereocenters. The monoisotopic (exact) mass is 375 g/mol. The molecule has 8 heteroatoms. The van der Waals surface area contributed by atoms with Gasteiger partial charge in [-0.1, -0.05) is 6.07 Å². The molecule has 3 aromatic rings. The van der Waals surface area contributed by atoms with Crippen molar-refractivity contribution in [3.8, 4) is 0 Å². The van der Waals surface area contributed by atoms with Gasteiger partial charge in [-0.3, -0.25) is 4.79 Å². The summed E-state index contributed by atoms with van der Waals surface area (Å²) >= 11 is 0. The molecule has 1 amide bonds.